The summed E-state index contributed by atoms with van der Waals surface area (Å²) in [6.45, 7) is 1.07. The van der Waals surface area contributed by atoms with Gasteiger partial charge in [-0.2, -0.15) is 0 Å². The number of rotatable bonds is 5. The molecule has 6 nitrogen and oxygen atoms in total. The quantitative estimate of drug-likeness (QED) is 0.550. The van der Waals surface area contributed by atoms with Crippen LogP contribution in [0.4, 0.5) is 0 Å². The molecule has 0 aliphatic rings. The minimum atomic E-state index is -0.0559. The first-order valence-electron chi connectivity index (χ1n) is 8.87. The Balaban J connectivity index is 1.86. The highest BCUT2D eigenvalue weighted by Crippen LogP contribution is 2.15. The highest BCUT2D eigenvalue weighted by atomic mass is 16.1. The van der Waals surface area contributed by atoms with Crippen molar-refractivity contribution in [3.05, 3.63) is 82.4 Å². The molecule has 0 aliphatic carbocycles. The van der Waals surface area contributed by atoms with Gasteiger partial charge in [0.15, 0.2) is 5.82 Å². The lowest BCUT2D eigenvalue weighted by atomic mass is 10.2. The third-order valence-electron chi connectivity index (χ3n) is 4.43. The average molecular weight is 359 g/mol. The van der Waals surface area contributed by atoms with Gasteiger partial charge in [-0.25, -0.2) is 0 Å². The summed E-state index contributed by atoms with van der Waals surface area (Å²) >= 11 is 0. The maximum absolute atomic E-state index is 13.1. The second kappa shape index (κ2) is 7.17. The number of hydrogen-bond donors (Lipinski definition) is 0. The van der Waals surface area contributed by atoms with Crippen LogP contribution in [0.15, 0.2) is 65.5 Å². The van der Waals surface area contributed by atoms with E-state index < -0.39 is 0 Å². The number of nitrogens with zero attached hydrogens (tertiary/aromatic N) is 5. The number of allylic oxidation sites excluding steroid dienone is 1. The number of fused-ring (bicyclic) bond motifs is 3. The standard InChI is InChI=1S/C21H21N5O/c1-24(2)15-19-22-23-21-25(14-8-11-16-9-4-3-5-10-16)20(27)17-12-6-7-13-18(17)26(19)21/h3-13H,14-15H2,1-2H3/b11-8+. The molecule has 0 amide bonds. The van der Waals surface area contributed by atoms with Gasteiger partial charge in [0.2, 0.25) is 5.78 Å². The van der Waals surface area contributed by atoms with Crippen LogP contribution in [0.2, 0.25) is 0 Å². The molecular weight excluding hydrogens is 338 g/mol. The van der Waals surface area contributed by atoms with Gasteiger partial charge in [0.25, 0.3) is 5.56 Å². The van der Waals surface area contributed by atoms with Gasteiger partial charge in [0.05, 0.1) is 17.4 Å². The Morgan fingerprint density at radius 2 is 1.74 bits per heavy atom. The summed E-state index contributed by atoms with van der Waals surface area (Å²) in [5.41, 5.74) is 1.87. The first-order valence-corrected chi connectivity index (χ1v) is 8.87. The predicted octanol–water partition coefficient (Wildman–Crippen LogP) is 2.82. The minimum absolute atomic E-state index is 0.0559. The second-order valence-electron chi connectivity index (χ2n) is 6.74. The van der Waals surface area contributed by atoms with Crippen LogP contribution in [0.1, 0.15) is 11.4 Å². The molecule has 0 bridgehead atoms. The predicted molar refractivity (Wildman–Crippen MR) is 108 cm³/mol. The van der Waals surface area contributed by atoms with Crippen molar-refractivity contribution in [1.82, 2.24) is 24.1 Å². The van der Waals surface area contributed by atoms with Gasteiger partial charge in [0, 0.05) is 6.54 Å². The highest BCUT2D eigenvalue weighted by Gasteiger charge is 2.15. The summed E-state index contributed by atoms with van der Waals surface area (Å²) in [5, 5.41) is 9.33. The van der Waals surface area contributed by atoms with Crippen LogP contribution in [-0.2, 0) is 13.1 Å². The monoisotopic (exact) mass is 359 g/mol. The molecule has 4 rings (SSSR count). The van der Waals surface area contributed by atoms with Gasteiger partial charge in [-0.1, -0.05) is 54.6 Å². The van der Waals surface area contributed by atoms with Gasteiger partial charge in [-0.05, 0) is 31.8 Å². The third kappa shape index (κ3) is 3.27. The van der Waals surface area contributed by atoms with Crippen molar-refractivity contribution < 1.29 is 0 Å². The van der Waals surface area contributed by atoms with Crippen molar-refractivity contribution in [1.29, 1.82) is 0 Å². The molecule has 0 fully saturated rings. The lowest BCUT2D eigenvalue weighted by Gasteiger charge is -2.12. The molecule has 27 heavy (non-hydrogen) atoms. The Labute approximate surface area is 157 Å². The lowest BCUT2D eigenvalue weighted by Crippen LogP contribution is -2.23. The van der Waals surface area contributed by atoms with E-state index >= 15 is 0 Å². The molecule has 0 aliphatic heterocycles. The number of aromatic nitrogens is 4. The van der Waals surface area contributed by atoms with Crippen LogP contribution < -0.4 is 5.56 Å². The van der Waals surface area contributed by atoms with E-state index in [0.29, 0.717) is 24.3 Å². The zero-order valence-electron chi connectivity index (χ0n) is 15.4. The molecule has 4 aromatic rings. The molecular formula is C21H21N5O. The zero-order chi connectivity index (χ0) is 18.8. The van der Waals surface area contributed by atoms with E-state index in [9.17, 15) is 4.79 Å². The van der Waals surface area contributed by atoms with Crippen LogP contribution in [-0.4, -0.2) is 38.2 Å². The normalized spacial score (nSPS) is 12.0. The number of para-hydroxylation sites is 1. The van der Waals surface area contributed by atoms with E-state index in [4.69, 9.17) is 0 Å². The van der Waals surface area contributed by atoms with Crippen molar-refractivity contribution in [3.63, 3.8) is 0 Å². The Hall–Kier alpha value is -3.25. The van der Waals surface area contributed by atoms with Crippen molar-refractivity contribution in [2.45, 2.75) is 13.1 Å². The molecule has 2 aromatic carbocycles. The van der Waals surface area contributed by atoms with E-state index in [0.717, 1.165) is 16.9 Å². The molecule has 0 spiro atoms. The van der Waals surface area contributed by atoms with Crippen molar-refractivity contribution in [3.8, 4) is 0 Å². The van der Waals surface area contributed by atoms with Gasteiger partial charge in [0.1, 0.15) is 0 Å². The van der Waals surface area contributed by atoms with Crippen LogP contribution in [0.5, 0.6) is 0 Å². The maximum atomic E-state index is 13.1. The Morgan fingerprint density at radius 1 is 1.00 bits per heavy atom. The van der Waals surface area contributed by atoms with Gasteiger partial charge in [-0.3, -0.25) is 13.8 Å². The molecule has 0 atom stereocenters. The fourth-order valence-electron chi connectivity index (χ4n) is 3.22. The third-order valence-corrected chi connectivity index (χ3v) is 4.43. The first kappa shape index (κ1) is 17.2. The van der Waals surface area contributed by atoms with Gasteiger partial charge in [-0.15, -0.1) is 10.2 Å². The Kier molecular flexibility index (Phi) is 4.56. The van der Waals surface area contributed by atoms with Crippen LogP contribution in [0.3, 0.4) is 0 Å². The topological polar surface area (TPSA) is 55.4 Å². The molecule has 2 heterocycles. The molecule has 0 unspecified atom stereocenters. The van der Waals surface area contributed by atoms with Crippen molar-refractivity contribution >= 4 is 22.8 Å². The Bertz CT molecular complexity index is 1170. The number of hydrogen-bond acceptors (Lipinski definition) is 4. The second-order valence-corrected chi connectivity index (χ2v) is 6.74. The average Bonchev–Trinajstić information content (AvgIpc) is 3.08. The molecule has 0 N–H and O–H groups in total. The zero-order valence-corrected chi connectivity index (χ0v) is 15.4. The van der Waals surface area contributed by atoms with Crippen molar-refractivity contribution in [2.24, 2.45) is 0 Å². The van der Waals surface area contributed by atoms with Crippen LogP contribution >= 0.6 is 0 Å². The fourth-order valence-corrected chi connectivity index (χ4v) is 3.22. The number of benzene rings is 2. The maximum Gasteiger partial charge on any atom is 0.263 e. The summed E-state index contributed by atoms with van der Waals surface area (Å²) in [5.74, 6) is 1.38. The molecule has 6 heteroatoms. The highest BCUT2D eigenvalue weighted by molar-refractivity contribution is 5.80. The summed E-state index contributed by atoms with van der Waals surface area (Å²) < 4.78 is 3.65. The van der Waals surface area contributed by atoms with E-state index in [1.165, 1.54) is 0 Å². The largest absolute Gasteiger partial charge is 0.302 e. The molecule has 2 aromatic heterocycles. The van der Waals surface area contributed by atoms with E-state index in [-0.39, 0.29) is 5.56 Å². The van der Waals surface area contributed by atoms with E-state index in [1.54, 1.807) is 4.57 Å². The molecule has 0 saturated heterocycles. The molecule has 136 valence electrons. The minimum Gasteiger partial charge on any atom is -0.302 e. The van der Waals surface area contributed by atoms with Crippen LogP contribution in [0, 0.1) is 0 Å². The van der Waals surface area contributed by atoms with Crippen LogP contribution in [0.25, 0.3) is 22.8 Å². The lowest BCUT2D eigenvalue weighted by molar-refractivity contribution is 0.389. The first-order chi connectivity index (χ1) is 13.1. The fraction of sp³-hybridized carbons (Fsp3) is 0.190. The molecule has 0 radical (unpaired) electrons. The Morgan fingerprint density at radius 3 is 2.52 bits per heavy atom. The van der Waals surface area contributed by atoms with Crippen molar-refractivity contribution in [2.75, 3.05) is 14.1 Å². The van der Waals surface area contributed by atoms with Gasteiger partial charge >= 0.3 is 0 Å². The summed E-state index contributed by atoms with van der Waals surface area (Å²) in [7, 11) is 3.98. The van der Waals surface area contributed by atoms with E-state index in [1.807, 2.05) is 90.1 Å². The van der Waals surface area contributed by atoms with E-state index in [2.05, 4.69) is 10.2 Å². The summed E-state index contributed by atoms with van der Waals surface area (Å²) in [6, 6.07) is 17.6. The summed E-state index contributed by atoms with van der Waals surface area (Å²) in [4.78, 5) is 15.1. The summed E-state index contributed by atoms with van der Waals surface area (Å²) in [6.07, 6.45) is 3.99. The van der Waals surface area contributed by atoms with Gasteiger partial charge < -0.3 is 4.90 Å². The smallest absolute Gasteiger partial charge is 0.263 e. The molecule has 0 saturated carbocycles. The SMILES string of the molecule is CN(C)Cc1nnc2n(C/C=C/c3ccccc3)c(=O)c3ccccc3n12.